The van der Waals surface area contributed by atoms with E-state index in [-0.39, 0.29) is 5.91 Å². The van der Waals surface area contributed by atoms with Crippen molar-refractivity contribution < 1.29 is 4.79 Å². The number of nitrogens with one attached hydrogen (secondary N) is 1. The molecule has 0 aliphatic rings. The number of thioether (sulfide) groups is 1. The van der Waals surface area contributed by atoms with Gasteiger partial charge in [-0.15, -0.1) is 11.3 Å². The lowest BCUT2D eigenvalue weighted by Crippen LogP contribution is -2.27. The summed E-state index contributed by atoms with van der Waals surface area (Å²) in [4.78, 5) is 20.4. The molecule has 2 heterocycles. The molecule has 0 aliphatic heterocycles. The van der Waals surface area contributed by atoms with Gasteiger partial charge < -0.3 is 5.32 Å². The standard InChI is InChI=1S/C16H14ClN3OS2/c17-12-3-1-2-11(8-12)4-6-18-14(21)9-23-16-15-13(5-7-22-15)19-10-20-16/h1-3,5,7-8,10H,4,6,9H2,(H,18,21). The summed E-state index contributed by atoms with van der Waals surface area (Å²) in [5.74, 6) is 0.347. The van der Waals surface area contributed by atoms with Gasteiger partial charge in [0, 0.05) is 11.6 Å². The van der Waals surface area contributed by atoms with Crippen molar-refractivity contribution in [2.24, 2.45) is 0 Å². The van der Waals surface area contributed by atoms with E-state index in [4.69, 9.17) is 11.6 Å². The van der Waals surface area contributed by atoms with E-state index >= 15 is 0 Å². The predicted molar refractivity (Wildman–Crippen MR) is 96.3 cm³/mol. The minimum atomic E-state index is 0.000321. The van der Waals surface area contributed by atoms with Crippen LogP contribution in [-0.4, -0.2) is 28.2 Å². The average Bonchev–Trinajstić information content (AvgIpc) is 3.02. The first kappa shape index (κ1) is 16.2. The van der Waals surface area contributed by atoms with Crippen molar-refractivity contribution in [3.8, 4) is 0 Å². The maximum atomic E-state index is 11.9. The Labute approximate surface area is 147 Å². The highest BCUT2D eigenvalue weighted by molar-refractivity contribution is 8.00. The molecule has 4 nitrogen and oxygen atoms in total. The molecule has 0 fully saturated rings. The molecular formula is C16H14ClN3OS2. The van der Waals surface area contributed by atoms with E-state index in [0.717, 1.165) is 27.2 Å². The summed E-state index contributed by atoms with van der Waals surface area (Å²) in [7, 11) is 0. The quantitative estimate of drug-likeness (QED) is 0.534. The molecule has 7 heteroatoms. The normalized spacial score (nSPS) is 10.8. The summed E-state index contributed by atoms with van der Waals surface area (Å²) < 4.78 is 1.03. The summed E-state index contributed by atoms with van der Waals surface area (Å²) in [5.41, 5.74) is 2.04. The number of fused-ring (bicyclic) bond motifs is 1. The van der Waals surface area contributed by atoms with Crippen LogP contribution in [0, 0.1) is 0 Å². The van der Waals surface area contributed by atoms with E-state index in [1.165, 1.54) is 18.1 Å². The third-order valence-electron chi connectivity index (χ3n) is 3.18. The molecule has 23 heavy (non-hydrogen) atoms. The first-order valence-electron chi connectivity index (χ1n) is 7.04. The number of amides is 1. The number of hydrogen-bond donors (Lipinski definition) is 1. The van der Waals surface area contributed by atoms with Gasteiger partial charge in [0.1, 0.15) is 11.4 Å². The largest absolute Gasteiger partial charge is 0.355 e. The number of nitrogens with zero attached hydrogens (tertiary/aromatic N) is 2. The van der Waals surface area contributed by atoms with Crippen LogP contribution in [0.2, 0.25) is 5.02 Å². The van der Waals surface area contributed by atoms with Crippen LogP contribution in [0.4, 0.5) is 0 Å². The molecule has 1 amide bonds. The van der Waals surface area contributed by atoms with E-state index in [0.29, 0.717) is 17.3 Å². The summed E-state index contributed by atoms with van der Waals surface area (Å²) >= 11 is 8.97. The average molecular weight is 364 g/mol. The van der Waals surface area contributed by atoms with E-state index < -0.39 is 0 Å². The van der Waals surface area contributed by atoms with Crippen molar-refractivity contribution in [1.82, 2.24) is 15.3 Å². The molecular weight excluding hydrogens is 350 g/mol. The molecule has 2 aromatic heterocycles. The number of hydrogen-bond acceptors (Lipinski definition) is 5. The Kier molecular flexibility index (Phi) is 5.48. The molecule has 0 radical (unpaired) electrons. The van der Waals surface area contributed by atoms with Gasteiger partial charge in [-0.2, -0.15) is 0 Å². The maximum absolute atomic E-state index is 11.9. The number of halogens is 1. The molecule has 3 rings (SSSR count). The van der Waals surface area contributed by atoms with E-state index in [2.05, 4.69) is 15.3 Å². The van der Waals surface area contributed by atoms with E-state index in [1.54, 1.807) is 11.3 Å². The second-order valence-corrected chi connectivity index (χ2v) is 7.15. The van der Waals surface area contributed by atoms with Crippen LogP contribution in [0.5, 0.6) is 0 Å². The molecule has 0 unspecified atom stereocenters. The third-order valence-corrected chi connectivity index (χ3v) is 5.44. The summed E-state index contributed by atoms with van der Waals surface area (Å²) in [6.45, 7) is 0.595. The second-order valence-electron chi connectivity index (χ2n) is 4.83. The Morgan fingerprint density at radius 3 is 3.09 bits per heavy atom. The fourth-order valence-electron chi connectivity index (χ4n) is 2.09. The van der Waals surface area contributed by atoms with Crippen molar-refractivity contribution in [2.45, 2.75) is 11.4 Å². The fourth-order valence-corrected chi connectivity index (χ4v) is 4.08. The van der Waals surface area contributed by atoms with Crippen molar-refractivity contribution in [1.29, 1.82) is 0 Å². The first-order chi connectivity index (χ1) is 11.2. The van der Waals surface area contributed by atoms with Gasteiger partial charge in [0.25, 0.3) is 0 Å². The Hall–Kier alpha value is -1.63. The molecule has 0 aliphatic carbocycles. The Morgan fingerprint density at radius 1 is 1.30 bits per heavy atom. The van der Waals surface area contributed by atoms with Crippen molar-refractivity contribution in [2.75, 3.05) is 12.3 Å². The van der Waals surface area contributed by atoms with Crippen molar-refractivity contribution in [3.05, 3.63) is 52.6 Å². The van der Waals surface area contributed by atoms with Gasteiger partial charge in [-0.3, -0.25) is 4.79 Å². The Morgan fingerprint density at radius 2 is 2.22 bits per heavy atom. The van der Waals surface area contributed by atoms with Crippen LogP contribution in [0.25, 0.3) is 10.2 Å². The van der Waals surface area contributed by atoms with Crippen molar-refractivity contribution in [3.63, 3.8) is 0 Å². The zero-order valence-electron chi connectivity index (χ0n) is 12.2. The summed E-state index contributed by atoms with van der Waals surface area (Å²) in [5, 5.41) is 6.47. The number of carbonyl (C=O) groups is 1. The summed E-state index contributed by atoms with van der Waals surface area (Å²) in [6.07, 6.45) is 2.30. The van der Waals surface area contributed by atoms with Crippen LogP contribution in [-0.2, 0) is 11.2 Å². The number of benzene rings is 1. The third kappa shape index (κ3) is 4.43. The number of rotatable bonds is 6. The van der Waals surface area contributed by atoms with Crippen LogP contribution in [0.3, 0.4) is 0 Å². The molecule has 1 aromatic carbocycles. The highest BCUT2D eigenvalue weighted by atomic mass is 35.5. The predicted octanol–water partition coefficient (Wildman–Crippen LogP) is 3.80. The van der Waals surface area contributed by atoms with Gasteiger partial charge in [-0.1, -0.05) is 35.5 Å². The molecule has 0 atom stereocenters. The monoisotopic (exact) mass is 363 g/mol. The topological polar surface area (TPSA) is 54.9 Å². The number of thiophene rings is 1. The highest BCUT2D eigenvalue weighted by Gasteiger charge is 2.08. The first-order valence-corrected chi connectivity index (χ1v) is 9.29. The fraction of sp³-hybridized carbons (Fsp3) is 0.188. The Balaban J connectivity index is 1.47. The maximum Gasteiger partial charge on any atom is 0.230 e. The zero-order valence-corrected chi connectivity index (χ0v) is 14.5. The zero-order chi connectivity index (χ0) is 16.1. The van der Waals surface area contributed by atoms with Gasteiger partial charge in [-0.25, -0.2) is 9.97 Å². The summed E-state index contributed by atoms with van der Waals surface area (Å²) in [6, 6.07) is 9.62. The Bertz CT molecular complexity index is 822. The van der Waals surface area contributed by atoms with Crippen LogP contribution < -0.4 is 5.32 Å². The van der Waals surface area contributed by atoms with E-state index in [1.807, 2.05) is 35.7 Å². The minimum Gasteiger partial charge on any atom is -0.355 e. The van der Waals surface area contributed by atoms with E-state index in [9.17, 15) is 4.79 Å². The molecule has 0 spiro atoms. The molecule has 0 bridgehead atoms. The van der Waals surface area contributed by atoms with Gasteiger partial charge in [0.05, 0.1) is 16.0 Å². The lowest BCUT2D eigenvalue weighted by molar-refractivity contribution is -0.118. The molecule has 0 saturated heterocycles. The minimum absolute atomic E-state index is 0.000321. The molecule has 0 saturated carbocycles. The second kappa shape index (κ2) is 7.77. The SMILES string of the molecule is O=C(CSc1ncnc2ccsc12)NCCc1cccc(Cl)c1. The molecule has 1 N–H and O–H groups in total. The van der Waals surface area contributed by atoms with Crippen molar-refractivity contribution >= 4 is 50.8 Å². The lowest BCUT2D eigenvalue weighted by Gasteiger charge is -2.06. The van der Waals surface area contributed by atoms with Crippen LogP contribution in [0.15, 0.2) is 47.1 Å². The highest BCUT2D eigenvalue weighted by Crippen LogP contribution is 2.28. The van der Waals surface area contributed by atoms with Gasteiger partial charge >= 0.3 is 0 Å². The smallest absolute Gasteiger partial charge is 0.230 e. The molecule has 118 valence electrons. The number of aromatic nitrogens is 2. The van der Waals surface area contributed by atoms with Crippen LogP contribution >= 0.6 is 34.7 Å². The lowest BCUT2D eigenvalue weighted by atomic mass is 10.1. The van der Waals surface area contributed by atoms with Crippen LogP contribution in [0.1, 0.15) is 5.56 Å². The number of carbonyl (C=O) groups excluding carboxylic acids is 1. The van der Waals surface area contributed by atoms with Gasteiger partial charge in [0.15, 0.2) is 0 Å². The van der Waals surface area contributed by atoms with Gasteiger partial charge in [-0.05, 0) is 35.6 Å². The van der Waals surface area contributed by atoms with Gasteiger partial charge in [0.2, 0.25) is 5.91 Å². The molecule has 3 aromatic rings.